The van der Waals surface area contributed by atoms with E-state index in [0.717, 1.165) is 11.3 Å². The topological polar surface area (TPSA) is 316 Å². The minimum absolute atomic E-state index is 0.0147. The van der Waals surface area contributed by atoms with Crippen LogP contribution in [-0.2, 0) is 82.6 Å². The van der Waals surface area contributed by atoms with E-state index in [1.807, 2.05) is 12.1 Å². The molecule has 1 atom stereocenters. The second kappa shape index (κ2) is 49.9. The van der Waals surface area contributed by atoms with Crippen LogP contribution in [0.4, 0.5) is 9.93 Å². The van der Waals surface area contributed by atoms with Crippen molar-refractivity contribution < 1.29 is 95.5 Å². The number of benzene rings is 2. The average Bonchev–Trinajstić information content (AvgIpc) is 4.06. The molecule has 3 rings (SSSR count). The van der Waals surface area contributed by atoms with Crippen molar-refractivity contribution in [3.05, 3.63) is 76.8 Å². The number of anilines is 1. The van der Waals surface area contributed by atoms with Gasteiger partial charge in [-0.15, -0.1) is 11.3 Å². The first kappa shape index (κ1) is 71.8. The number of thiazole rings is 1. The summed E-state index contributed by atoms with van der Waals surface area (Å²) >= 11 is 2.27. The van der Waals surface area contributed by atoms with Crippen molar-refractivity contribution in [2.45, 2.75) is 38.8 Å². The Morgan fingerprint density at radius 2 is 1.02 bits per heavy atom. The third kappa shape index (κ3) is 40.5. The number of thioether (sulfide) groups is 1. The predicted molar refractivity (Wildman–Crippen MR) is 307 cm³/mol. The number of rotatable bonds is 54. The molecule has 0 bridgehead atoms. The van der Waals surface area contributed by atoms with Gasteiger partial charge in [0.1, 0.15) is 11.4 Å². The summed E-state index contributed by atoms with van der Waals surface area (Å²) in [6.07, 6.45) is 0.416. The number of carbonyl (C=O) groups excluding carboxylic acids is 5. The smallest absolute Gasteiger partial charge is 0.321 e. The third-order valence-electron chi connectivity index (χ3n) is 10.7. The number of carbonyl (C=O) groups is 6. The molecule has 1 heterocycles. The highest BCUT2D eigenvalue weighted by Crippen LogP contribution is 2.20. The molecule has 83 heavy (non-hydrogen) atoms. The van der Waals surface area contributed by atoms with Gasteiger partial charge in [-0.25, -0.2) is 9.78 Å². The maximum absolute atomic E-state index is 12.7. The first-order chi connectivity index (χ1) is 40.6. The largest absolute Gasteiger partial charge is 0.493 e. The lowest BCUT2D eigenvalue weighted by Gasteiger charge is -2.17. The van der Waals surface area contributed by atoms with Gasteiger partial charge >= 0.3 is 12.0 Å². The van der Waals surface area contributed by atoms with E-state index in [1.54, 1.807) is 49.4 Å². The van der Waals surface area contributed by atoms with Gasteiger partial charge in [0.05, 0.1) is 184 Å². The molecule has 0 saturated carbocycles. The number of para-hydroxylation sites is 1. The summed E-state index contributed by atoms with van der Waals surface area (Å²) in [5, 5.41) is 24.2. The fourth-order valence-corrected chi connectivity index (χ4v) is 7.83. The third-order valence-corrected chi connectivity index (χ3v) is 12.2. The molecule has 0 aliphatic rings. The van der Waals surface area contributed by atoms with E-state index in [4.69, 9.17) is 61.6 Å². The summed E-state index contributed by atoms with van der Waals surface area (Å²) in [7, 11) is 0. The van der Waals surface area contributed by atoms with Gasteiger partial charge in [-0.1, -0.05) is 60.3 Å². The van der Waals surface area contributed by atoms with Crippen LogP contribution in [0.1, 0.15) is 53.8 Å². The van der Waals surface area contributed by atoms with Gasteiger partial charge in [-0.3, -0.25) is 29.3 Å². The highest BCUT2D eigenvalue weighted by atomic mass is 32.2. The van der Waals surface area contributed by atoms with Gasteiger partial charge in [0, 0.05) is 43.1 Å². The molecular weight excluding hydrogens is 1130 g/mol. The Hall–Kier alpha value is -5.44. The van der Waals surface area contributed by atoms with Gasteiger partial charge in [-0.2, -0.15) is 0 Å². The molecule has 0 spiro atoms. The molecule has 0 aliphatic heterocycles. The number of hydrogen-bond donors (Lipinski definition) is 6. The van der Waals surface area contributed by atoms with Crippen molar-refractivity contribution in [1.82, 2.24) is 26.3 Å². The molecule has 5 amide bonds. The van der Waals surface area contributed by atoms with Crippen LogP contribution in [0.3, 0.4) is 0 Å². The number of nitrogens with zero attached hydrogens (tertiary/aromatic N) is 1. The first-order valence-corrected chi connectivity index (χ1v) is 29.4. The molecule has 0 fully saturated rings. The number of aromatic nitrogens is 1. The summed E-state index contributed by atoms with van der Waals surface area (Å²) < 4.78 is 71.7. The summed E-state index contributed by atoms with van der Waals surface area (Å²) in [6, 6.07) is 14.5. The van der Waals surface area contributed by atoms with E-state index in [9.17, 15) is 33.9 Å². The van der Waals surface area contributed by atoms with Crippen LogP contribution in [0.15, 0.2) is 60.0 Å². The molecule has 3 aromatic rings. The van der Waals surface area contributed by atoms with Crippen molar-refractivity contribution in [1.29, 1.82) is 0 Å². The number of urea groups is 1. The Morgan fingerprint density at radius 1 is 0.554 bits per heavy atom. The van der Waals surface area contributed by atoms with Crippen molar-refractivity contribution in [3.63, 3.8) is 0 Å². The Bertz CT molecular complexity index is 2190. The van der Waals surface area contributed by atoms with Crippen LogP contribution in [0.25, 0.3) is 0 Å². The van der Waals surface area contributed by atoms with E-state index in [0.29, 0.717) is 194 Å². The number of carboxylic acids is 1. The van der Waals surface area contributed by atoms with Crippen molar-refractivity contribution in [3.8, 4) is 5.75 Å². The van der Waals surface area contributed by atoms with Gasteiger partial charge in [0.25, 0.3) is 5.91 Å². The molecule has 6 N–H and O–H groups in total. The van der Waals surface area contributed by atoms with Gasteiger partial charge in [-0.05, 0) is 18.1 Å². The average molecular weight is 1210 g/mol. The summed E-state index contributed by atoms with van der Waals surface area (Å²) in [4.78, 5) is 76.5. The van der Waals surface area contributed by atoms with Gasteiger partial charge in [0.15, 0.2) is 10.2 Å². The van der Waals surface area contributed by atoms with Crippen LogP contribution in [-0.4, -0.2) is 229 Å². The lowest BCUT2D eigenvalue weighted by Crippen LogP contribution is -2.39. The quantitative estimate of drug-likeness (QED) is 0.0442. The lowest BCUT2D eigenvalue weighted by atomic mass is 10.0. The molecule has 2 aromatic carbocycles. The number of hydrogen-bond acceptors (Lipinski definition) is 22. The zero-order valence-corrected chi connectivity index (χ0v) is 49.1. The van der Waals surface area contributed by atoms with Crippen LogP contribution in [0, 0.1) is 0 Å². The highest BCUT2D eigenvalue weighted by Gasteiger charge is 2.20. The second-order valence-electron chi connectivity index (χ2n) is 17.3. The second-order valence-corrected chi connectivity index (χ2v) is 19.4. The number of carboxylic acid groups (broad SMARTS) is 1. The van der Waals surface area contributed by atoms with Crippen LogP contribution in [0.5, 0.6) is 5.75 Å². The van der Waals surface area contributed by atoms with Crippen LogP contribution in [0.2, 0.25) is 0 Å². The molecule has 466 valence electrons. The number of amides is 5. The van der Waals surface area contributed by atoms with E-state index in [-0.39, 0.29) is 47.8 Å². The predicted octanol–water partition coefficient (Wildman–Crippen LogP) is 3.28. The molecule has 1 aromatic heterocycles. The highest BCUT2D eigenvalue weighted by molar-refractivity contribution is 8.13. The van der Waals surface area contributed by atoms with E-state index < -0.39 is 36.4 Å². The summed E-state index contributed by atoms with van der Waals surface area (Å²) in [5.41, 5.74) is 1.31. The Morgan fingerprint density at radius 3 is 1.52 bits per heavy atom. The number of nitrogens with one attached hydrogen (secondary N) is 5. The maximum Gasteiger partial charge on any atom is 0.321 e. The summed E-state index contributed by atoms with van der Waals surface area (Å²) in [6.45, 7) is 12.7. The van der Waals surface area contributed by atoms with E-state index in [2.05, 4.69) is 31.6 Å². The molecule has 1 unspecified atom stereocenters. The van der Waals surface area contributed by atoms with Gasteiger partial charge in [0.2, 0.25) is 11.8 Å². The molecule has 28 heteroatoms. The first-order valence-electron chi connectivity index (χ1n) is 27.5. The van der Waals surface area contributed by atoms with E-state index in [1.165, 1.54) is 17.1 Å². The van der Waals surface area contributed by atoms with Crippen LogP contribution < -0.4 is 31.3 Å². The Balaban J connectivity index is 1.02. The normalized spacial score (nSPS) is 11.5. The monoisotopic (exact) mass is 1210 g/mol. The SMILES string of the molecule is CC(=O)SCCOCCOCCOCCOCCOCCOCCOCCOCCOCCOCCOCCOCCC(=O)NCCCOc1ccccc1CNC(=O)Nc1nc(C(=O)NCC(=O)NC(CC(=O)O)c2ccccc2)cs1. The van der Waals surface area contributed by atoms with Gasteiger partial charge < -0.3 is 88.0 Å². The number of aliphatic carboxylic acids is 1. The van der Waals surface area contributed by atoms with E-state index >= 15 is 0 Å². The minimum Gasteiger partial charge on any atom is -0.493 e. The van der Waals surface area contributed by atoms with Crippen molar-refractivity contribution >= 4 is 63.1 Å². The molecule has 0 aliphatic carbocycles. The lowest BCUT2D eigenvalue weighted by molar-refractivity contribution is -0.137. The molecule has 26 nitrogen and oxygen atoms in total. The fourth-order valence-electron chi connectivity index (χ4n) is 6.65. The molecular formula is C55H84N6O20S2. The fraction of sp³-hybridized carbons (Fsp3) is 0.618. The number of ether oxygens (including phenoxy) is 13. The standard InChI is InChI=1S/C55H84N6O20S2/c1-44(62)82-39-38-80-37-36-79-35-34-78-33-32-77-31-30-76-29-28-75-27-26-74-25-24-73-23-22-72-21-20-71-19-18-70-17-16-69-15-12-50(63)56-13-7-14-81-49-11-6-5-10-46(49)41-58-54(68)61-55-60-48(43-83-55)53(67)57-42-51(64)59-47(40-52(65)66)45-8-3-2-4-9-45/h2-6,8-11,43,47H,7,12-42H2,1H3,(H,56,63)(H,57,67)(H,59,64)(H,65,66)(H2,58,60,61,68). The zero-order valence-electron chi connectivity index (χ0n) is 47.4. The maximum atomic E-state index is 12.7. The van der Waals surface area contributed by atoms with Crippen molar-refractivity contribution in [2.75, 3.05) is 189 Å². The van der Waals surface area contributed by atoms with Crippen molar-refractivity contribution in [2.24, 2.45) is 0 Å². The Kier molecular flexibility index (Phi) is 43.2. The minimum atomic E-state index is -1.09. The zero-order chi connectivity index (χ0) is 59.5. The molecule has 0 radical (unpaired) electrons. The Labute approximate surface area is 493 Å². The summed E-state index contributed by atoms with van der Waals surface area (Å²) in [5.74, 6) is -1.24. The van der Waals surface area contributed by atoms with Crippen LogP contribution >= 0.6 is 23.1 Å². The molecule has 0 saturated heterocycles.